The van der Waals surface area contributed by atoms with Gasteiger partial charge in [-0.1, -0.05) is 20.3 Å². The minimum atomic E-state index is 0.344. The molecule has 0 heterocycles. The van der Waals surface area contributed by atoms with Gasteiger partial charge in [0.25, 0.3) is 0 Å². The van der Waals surface area contributed by atoms with Crippen LogP contribution in [0.5, 0.6) is 0 Å². The zero-order valence-electron chi connectivity index (χ0n) is 6.22. The van der Waals surface area contributed by atoms with Gasteiger partial charge in [0.2, 0.25) is 0 Å². The summed E-state index contributed by atoms with van der Waals surface area (Å²) in [6, 6.07) is 1.93. The van der Waals surface area contributed by atoms with Crippen molar-refractivity contribution in [3.05, 3.63) is 0 Å². The van der Waals surface area contributed by atoms with Gasteiger partial charge in [-0.3, -0.25) is 0 Å². The smallest absolute Gasteiger partial charge is 0.0618 e. The average Bonchev–Trinajstić information content (AvgIpc) is 1.91. The van der Waals surface area contributed by atoms with Gasteiger partial charge >= 0.3 is 0 Å². The molecule has 0 rings (SSSR count). The molecule has 0 unspecified atom stereocenters. The van der Waals surface area contributed by atoms with Gasteiger partial charge < -0.3 is 5.11 Å². The minimum Gasteiger partial charge on any atom is -0.396 e. The van der Waals surface area contributed by atoms with Gasteiger partial charge in [-0.15, -0.1) is 0 Å². The second kappa shape index (κ2) is 15.7. The summed E-state index contributed by atoms with van der Waals surface area (Å²) in [6.45, 7) is 4.22. The first kappa shape index (κ1) is 11.3. The van der Waals surface area contributed by atoms with Crippen molar-refractivity contribution in [1.29, 1.82) is 5.26 Å². The third kappa shape index (κ3) is 36.9. The lowest BCUT2D eigenvalue weighted by molar-refractivity contribution is 0.287. The van der Waals surface area contributed by atoms with Gasteiger partial charge in [-0.05, 0) is 6.42 Å². The Balaban J connectivity index is 0. The van der Waals surface area contributed by atoms with Crippen molar-refractivity contribution < 1.29 is 5.11 Å². The summed E-state index contributed by atoms with van der Waals surface area (Å²) in [5.74, 6) is 0. The highest BCUT2D eigenvalue weighted by Gasteiger charge is 1.69. The lowest BCUT2D eigenvalue weighted by Crippen LogP contribution is -1.75. The molecule has 0 aromatic heterocycles. The van der Waals surface area contributed by atoms with E-state index in [2.05, 4.69) is 6.92 Å². The highest BCUT2D eigenvalue weighted by molar-refractivity contribution is 4.61. The van der Waals surface area contributed by atoms with Crippen LogP contribution in [0.4, 0.5) is 0 Å². The maximum absolute atomic E-state index is 8.07. The first-order valence-corrected chi connectivity index (χ1v) is 3.31. The van der Waals surface area contributed by atoms with E-state index < -0.39 is 0 Å². The summed E-state index contributed by atoms with van der Waals surface area (Å²) in [7, 11) is 0. The molecule has 2 nitrogen and oxygen atoms in total. The van der Waals surface area contributed by atoms with E-state index >= 15 is 0 Å². The van der Waals surface area contributed by atoms with E-state index in [-0.39, 0.29) is 0 Å². The van der Waals surface area contributed by atoms with Crippen LogP contribution in [-0.4, -0.2) is 11.7 Å². The molecule has 0 radical (unpaired) electrons. The lowest BCUT2D eigenvalue weighted by atomic mass is 10.4. The Morgan fingerprint density at radius 1 is 1.44 bits per heavy atom. The molecule has 0 bridgehead atoms. The maximum Gasteiger partial charge on any atom is 0.0618 e. The highest BCUT2D eigenvalue weighted by Crippen LogP contribution is 1.78. The monoisotopic (exact) mass is 129 g/mol. The lowest BCUT2D eigenvalue weighted by Gasteiger charge is -1.79. The first-order valence-electron chi connectivity index (χ1n) is 3.31. The van der Waals surface area contributed by atoms with E-state index in [1.54, 1.807) is 0 Å². The molecule has 0 aliphatic rings. The van der Waals surface area contributed by atoms with Crippen LogP contribution in [0.3, 0.4) is 0 Å². The van der Waals surface area contributed by atoms with E-state index in [1.165, 1.54) is 0 Å². The summed E-state index contributed by atoms with van der Waals surface area (Å²) in [4.78, 5) is 0. The second-order valence-corrected chi connectivity index (χ2v) is 1.59. The van der Waals surface area contributed by atoms with Crippen LogP contribution in [0, 0.1) is 11.3 Å². The third-order valence-corrected chi connectivity index (χ3v) is 0.670. The molecule has 54 valence electrons. The molecular formula is C7H15NO. The summed E-state index contributed by atoms with van der Waals surface area (Å²) in [5.41, 5.74) is 0. The molecule has 9 heavy (non-hydrogen) atoms. The molecule has 0 aliphatic heterocycles. The molecule has 0 amide bonds. The third-order valence-electron chi connectivity index (χ3n) is 0.670. The predicted molar refractivity (Wildman–Crippen MR) is 37.9 cm³/mol. The molecule has 0 aromatic carbocycles. The van der Waals surface area contributed by atoms with E-state index in [0.29, 0.717) is 13.0 Å². The summed E-state index contributed by atoms with van der Waals surface area (Å²) in [5, 5.41) is 15.7. The van der Waals surface area contributed by atoms with Crippen molar-refractivity contribution in [2.45, 2.75) is 33.1 Å². The largest absolute Gasteiger partial charge is 0.396 e. The quantitative estimate of drug-likeness (QED) is 0.616. The van der Waals surface area contributed by atoms with Crippen LogP contribution < -0.4 is 0 Å². The zero-order chi connectivity index (χ0) is 7.54. The van der Waals surface area contributed by atoms with Gasteiger partial charge in [0.15, 0.2) is 0 Å². The number of unbranched alkanes of at least 4 members (excludes halogenated alkanes) is 1. The van der Waals surface area contributed by atoms with Gasteiger partial charge in [-0.2, -0.15) is 5.26 Å². The zero-order valence-corrected chi connectivity index (χ0v) is 6.22. The predicted octanol–water partition coefficient (Wildman–Crippen LogP) is 1.70. The van der Waals surface area contributed by atoms with Crippen LogP contribution >= 0.6 is 0 Å². The Morgan fingerprint density at radius 3 is 1.89 bits per heavy atom. The van der Waals surface area contributed by atoms with Gasteiger partial charge in [0.1, 0.15) is 0 Å². The molecular weight excluding hydrogens is 114 g/mol. The van der Waals surface area contributed by atoms with Crippen LogP contribution in [0.15, 0.2) is 0 Å². The van der Waals surface area contributed by atoms with Crippen molar-refractivity contribution in [3.63, 3.8) is 0 Å². The SMILES string of the molecule is CCC#N.CCCCO. The van der Waals surface area contributed by atoms with Gasteiger partial charge in [0.05, 0.1) is 6.07 Å². The van der Waals surface area contributed by atoms with Crippen LogP contribution in [-0.2, 0) is 0 Å². The van der Waals surface area contributed by atoms with E-state index in [9.17, 15) is 0 Å². The Morgan fingerprint density at radius 2 is 1.89 bits per heavy atom. The number of aliphatic hydroxyl groups excluding tert-OH is 1. The number of hydrogen-bond donors (Lipinski definition) is 1. The topological polar surface area (TPSA) is 44.0 Å². The van der Waals surface area contributed by atoms with Gasteiger partial charge in [0, 0.05) is 13.0 Å². The molecule has 0 fully saturated rings. The fourth-order valence-electron chi connectivity index (χ4n) is 0.158. The summed E-state index contributed by atoms with van der Waals surface area (Å²) < 4.78 is 0. The molecule has 0 saturated heterocycles. The van der Waals surface area contributed by atoms with Crippen molar-refractivity contribution >= 4 is 0 Å². The maximum atomic E-state index is 8.07. The molecule has 0 spiro atoms. The average molecular weight is 129 g/mol. The molecule has 0 saturated carbocycles. The Labute approximate surface area is 57.1 Å². The molecule has 0 aliphatic carbocycles. The van der Waals surface area contributed by atoms with Crippen LogP contribution in [0.25, 0.3) is 0 Å². The number of rotatable bonds is 2. The number of aliphatic hydroxyl groups is 1. The van der Waals surface area contributed by atoms with Crippen LogP contribution in [0.1, 0.15) is 33.1 Å². The first-order chi connectivity index (χ1) is 4.33. The summed E-state index contributed by atoms with van der Waals surface area (Å²) >= 11 is 0. The Bertz CT molecular complexity index is 63.8. The fourth-order valence-corrected chi connectivity index (χ4v) is 0.158. The Hall–Kier alpha value is -0.550. The molecule has 0 atom stereocenters. The van der Waals surface area contributed by atoms with Crippen molar-refractivity contribution in [2.24, 2.45) is 0 Å². The van der Waals surface area contributed by atoms with Crippen molar-refractivity contribution in [1.82, 2.24) is 0 Å². The fraction of sp³-hybridized carbons (Fsp3) is 0.857. The standard InChI is InChI=1S/C4H10O.C3H5N/c1-2-3-4-5;1-2-3-4/h5H,2-4H2,1H3;2H2,1H3. The highest BCUT2D eigenvalue weighted by atomic mass is 16.2. The van der Waals surface area contributed by atoms with E-state index in [1.807, 2.05) is 13.0 Å². The van der Waals surface area contributed by atoms with Gasteiger partial charge in [-0.25, -0.2) is 0 Å². The Kier molecular flexibility index (Phi) is 19.6. The number of nitrogens with zero attached hydrogens (tertiary/aromatic N) is 1. The number of nitriles is 1. The van der Waals surface area contributed by atoms with Crippen LogP contribution in [0.2, 0.25) is 0 Å². The normalized spacial score (nSPS) is 6.89. The number of hydrogen-bond acceptors (Lipinski definition) is 2. The van der Waals surface area contributed by atoms with Crippen molar-refractivity contribution in [3.8, 4) is 6.07 Å². The van der Waals surface area contributed by atoms with Crippen molar-refractivity contribution in [2.75, 3.05) is 6.61 Å². The van der Waals surface area contributed by atoms with E-state index in [4.69, 9.17) is 10.4 Å². The molecule has 0 aromatic rings. The molecule has 2 heteroatoms. The second-order valence-electron chi connectivity index (χ2n) is 1.59. The van der Waals surface area contributed by atoms with E-state index in [0.717, 1.165) is 12.8 Å². The minimum absolute atomic E-state index is 0.344. The molecule has 1 N–H and O–H groups in total. The summed E-state index contributed by atoms with van der Waals surface area (Å²) in [6.07, 6.45) is 2.66.